The van der Waals surface area contributed by atoms with Gasteiger partial charge in [0.05, 0.1) is 11.1 Å². The third-order valence-corrected chi connectivity index (χ3v) is 3.91. The summed E-state index contributed by atoms with van der Waals surface area (Å²) in [6, 6.07) is 4.82. The summed E-state index contributed by atoms with van der Waals surface area (Å²) in [6.45, 7) is 0. The highest BCUT2D eigenvalue weighted by molar-refractivity contribution is 7.99. The number of imidazole rings is 1. The summed E-state index contributed by atoms with van der Waals surface area (Å²) < 4.78 is 1.89. The summed E-state index contributed by atoms with van der Waals surface area (Å²) in [5.41, 5.74) is 0.820. The van der Waals surface area contributed by atoms with Gasteiger partial charge in [-0.1, -0.05) is 0 Å². The van der Waals surface area contributed by atoms with E-state index in [-0.39, 0.29) is 5.56 Å². The molecule has 2 aromatic heterocycles. The Morgan fingerprint density at radius 1 is 1.30 bits per heavy atom. The minimum atomic E-state index is -0.969. The van der Waals surface area contributed by atoms with Crippen LogP contribution in [0, 0.1) is 0 Å². The number of fused-ring (bicyclic) bond motifs is 1. The SMILES string of the molecule is Cn1ccnc1Sc1ncnc2cc(C(=O)O)ccc12. The van der Waals surface area contributed by atoms with E-state index in [1.807, 2.05) is 17.8 Å². The highest BCUT2D eigenvalue weighted by Gasteiger charge is 2.11. The lowest BCUT2D eigenvalue weighted by molar-refractivity contribution is 0.0697. The Hall–Kier alpha value is -2.41. The molecule has 0 aliphatic heterocycles. The summed E-state index contributed by atoms with van der Waals surface area (Å²) in [6.07, 6.45) is 5.00. The molecule has 0 fully saturated rings. The van der Waals surface area contributed by atoms with Gasteiger partial charge in [-0.2, -0.15) is 0 Å². The van der Waals surface area contributed by atoms with E-state index in [9.17, 15) is 4.79 Å². The molecule has 0 bridgehead atoms. The third kappa shape index (κ3) is 2.23. The number of rotatable bonds is 3. The van der Waals surface area contributed by atoms with Crippen LogP contribution in [0.25, 0.3) is 10.9 Å². The molecule has 6 nitrogen and oxygen atoms in total. The zero-order chi connectivity index (χ0) is 14.1. The maximum absolute atomic E-state index is 11.0. The van der Waals surface area contributed by atoms with Gasteiger partial charge in [0.2, 0.25) is 0 Å². The van der Waals surface area contributed by atoms with Gasteiger partial charge in [-0.3, -0.25) is 0 Å². The van der Waals surface area contributed by atoms with E-state index in [1.54, 1.807) is 24.4 Å². The maximum atomic E-state index is 11.0. The zero-order valence-electron chi connectivity index (χ0n) is 10.5. The summed E-state index contributed by atoms with van der Waals surface area (Å²) in [4.78, 5) is 23.6. The van der Waals surface area contributed by atoms with E-state index in [0.717, 1.165) is 15.6 Å². The highest BCUT2D eigenvalue weighted by Crippen LogP contribution is 2.29. The Labute approximate surface area is 118 Å². The lowest BCUT2D eigenvalue weighted by atomic mass is 10.1. The number of carboxylic acid groups (broad SMARTS) is 1. The van der Waals surface area contributed by atoms with Gasteiger partial charge in [0.1, 0.15) is 11.4 Å². The third-order valence-electron chi connectivity index (χ3n) is 2.81. The van der Waals surface area contributed by atoms with E-state index in [0.29, 0.717) is 5.52 Å². The van der Waals surface area contributed by atoms with E-state index in [1.165, 1.54) is 18.1 Å². The number of hydrogen-bond donors (Lipinski definition) is 1. The Kier molecular flexibility index (Phi) is 3.11. The van der Waals surface area contributed by atoms with Crippen LogP contribution in [-0.4, -0.2) is 30.6 Å². The second-order valence-electron chi connectivity index (χ2n) is 4.14. The van der Waals surface area contributed by atoms with E-state index < -0.39 is 5.97 Å². The average Bonchev–Trinajstić information content (AvgIpc) is 2.84. The first-order valence-corrected chi connectivity index (χ1v) is 6.60. The molecule has 7 heteroatoms. The smallest absolute Gasteiger partial charge is 0.335 e. The lowest BCUT2D eigenvalue weighted by Crippen LogP contribution is -1.97. The van der Waals surface area contributed by atoms with Gasteiger partial charge >= 0.3 is 5.97 Å². The Morgan fingerprint density at radius 3 is 2.85 bits per heavy atom. The molecule has 0 saturated carbocycles. The number of carbonyl (C=O) groups is 1. The van der Waals surface area contributed by atoms with Crippen molar-refractivity contribution >= 4 is 28.6 Å². The molecule has 3 rings (SSSR count). The van der Waals surface area contributed by atoms with Gasteiger partial charge in [0.15, 0.2) is 5.16 Å². The van der Waals surface area contributed by atoms with E-state index in [4.69, 9.17) is 5.11 Å². The first-order valence-electron chi connectivity index (χ1n) is 5.78. The second kappa shape index (κ2) is 4.93. The lowest BCUT2D eigenvalue weighted by Gasteiger charge is -2.05. The summed E-state index contributed by atoms with van der Waals surface area (Å²) in [5.74, 6) is -0.969. The molecular formula is C13H10N4O2S. The number of carboxylic acids is 1. The number of aryl methyl sites for hydroxylation is 1. The van der Waals surface area contributed by atoms with E-state index >= 15 is 0 Å². The number of aromatic nitrogens is 4. The van der Waals surface area contributed by atoms with Crippen LogP contribution in [0.4, 0.5) is 0 Å². The van der Waals surface area contributed by atoms with Crippen LogP contribution in [0.3, 0.4) is 0 Å². The predicted octanol–water partition coefficient (Wildman–Crippen LogP) is 2.21. The first kappa shape index (κ1) is 12.6. The Bertz CT molecular complexity index is 800. The Balaban J connectivity index is 2.08. The first-order chi connectivity index (χ1) is 9.65. The quantitative estimate of drug-likeness (QED) is 0.743. The van der Waals surface area contributed by atoms with Gasteiger partial charge in [-0.05, 0) is 30.0 Å². The van der Waals surface area contributed by atoms with Crippen molar-refractivity contribution in [2.45, 2.75) is 10.2 Å². The molecule has 1 aromatic carbocycles. The van der Waals surface area contributed by atoms with Crippen LogP contribution >= 0.6 is 11.8 Å². The van der Waals surface area contributed by atoms with Crippen LogP contribution in [0.15, 0.2) is 47.1 Å². The molecule has 2 heterocycles. The molecule has 0 radical (unpaired) electrons. The fourth-order valence-corrected chi connectivity index (χ4v) is 2.66. The Morgan fingerprint density at radius 2 is 2.15 bits per heavy atom. The van der Waals surface area contributed by atoms with Crippen LogP contribution in [0.2, 0.25) is 0 Å². The molecule has 0 spiro atoms. The van der Waals surface area contributed by atoms with Crippen LogP contribution < -0.4 is 0 Å². The fraction of sp³-hybridized carbons (Fsp3) is 0.0769. The van der Waals surface area contributed by atoms with Crippen molar-refractivity contribution in [3.63, 3.8) is 0 Å². The topological polar surface area (TPSA) is 80.9 Å². The number of nitrogens with zero attached hydrogens (tertiary/aromatic N) is 4. The molecule has 0 amide bonds. The van der Waals surface area contributed by atoms with Crippen molar-refractivity contribution in [1.29, 1.82) is 0 Å². The molecule has 0 saturated heterocycles. The minimum absolute atomic E-state index is 0.212. The standard InChI is InChI=1S/C13H10N4O2S/c1-17-5-4-14-13(17)20-11-9-3-2-8(12(18)19)6-10(9)15-7-16-11/h2-7H,1H3,(H,18,19). The van der Waals surface area contributed by atoms with Crippen molar-refractivity contribution in [3.05, 3.63) is 42.5 Å². The number of hydrogen-bond acceptors (Lipinski definition) is 5. The highest BCUT2D eigenvalue weighted by atomic mass is 32.2. The summed E-state index contributed by atoms with van der Waals surface area (Å²) in [7, 11) is 1.90. The molecule has 3 aromatic rings. The number of benzene rings is 1. The fourth-order valence-electron chi connectivity index (χ4n) is 1.78. The molecule has 0 aliphatic rings. The zero-order valence-corrected chi connectivity index (χ0v) is 11.3. The van der Waals surface area contributed by atoms with Crippen molar-refractivity contribution in [2.24, 2.45) is 7.05 Å². The van der Waals surface area contributed by atoms with Gasteiger partial charge in [-0.25, -0.2) is 19.7 Å². The van der Waals surface area contributed by atoms with Crippen molar-refractivity contribution < 1.29 is 9.90 Å². The molecular weight excluding hydrogens is 276 g/mol. The molecule has 1 N–H and O–H groups in total. The van der Waals surface area contributed by atoms with Crippen molar-refractivity contribution in [1.82, 2.24) is 19.5 Å². The largest absolute Gasteiger partial charge is 0.478 e. The predicted molar refractivity (Wildman–Crippen MR) is 73.8 cm³/mol. The molecule has 100 valence electrons. The van der Waals surface area contributed by atoms with Crippen molar-refractivity contribution in [3.8, 4) is 0 Å². The van der Waals surface area contributed by atoms with Crippen LogP contribution in [0.1, 0.15) is 10.4 Å². The average molecular weight is 286 g/mol. The summed E-state index contributed by atoms with van der Waals surface area (Å²) >= 11 is 1.42. The second-order valence-corrected chi connectivity index (χ2v) is 5.09. The number of aromatic carboxylic acids is 1. The van der Waals surface area contributed by atoms with Crippen LogP contribution in [0.5, 0.6) is 0 Å². The van der Waals surface area contributed by atoms with E-state index in [2.05, 4.69) is 15.0 Å². The molecule has 0 atom stereocenters. The summed E-state index contributed by atoms with van der Waals surface area (Å²) in [5, 5.41) is 11.4. The van der Waals surface area contributed by atoms with Crippen LogP contribution in [-0.2, 0) is 7.05 Å². The molecule has 20 heavy (non-hydrogen) atoms. The van der Waals surface area contributed by atoms with Gasteiger partial charge in [-0.15, -0.1) is 0 Å². The minimum Gasteiger partial charge on any atom is -0.478 e. The maximum Gasteiger partial charge on any atom is 0.335 e. The van der Waals surface area contributed by atoms with Gasteiger partial charge in [0.25, 0.3) is 0 Å². The molecule has 0 unspecified atom stereocenters. The monoisotopic (exact) mass is 286 g/mol. The van der Waals surface area contributed by atoms with Gasteiger partial charge < -0.3 is 9.67 Å². The van der Waals surface area contributed by atoms with Crippen molar-refractivity contribution in [2.75, 3.05) is 0 Å². The molecule has 0 aliphatic carbocycles. The normalized spacial score (nSPS) is 10.8. The van der Waals surface area contributed by atoms with Gasteiger partial charge in [0, 0.05) is 24.8 Å².